The Morgan fingerprint density at radius 2 is 1.80 bits per heavy atom. The van der Waals surface area contributed by atoms with Crippen molar-refractivity contribution < 1.29 is 8.42 Å². The monoisotopic (exact) mass is 305 g/mol. The zero-order valence-corrected chi connectivity index (χ0v) is 10.5. The van der Waals surface area contributed by atoms with Crippen molar-refractivity contribution in [1.29, 1.82) is 0 Å². The van der Waals surface area contributed by atoms with Gasteiger partial charge in [-0.15, -0.1) is 0 Å². The van der Waals surface area contributed by atoms with E-state index in [1.54, 1.807) is 24.3 Å². The Labute approximate surface area is 101 Å². The molecular formula is C9H5BrClNO2S. The highest BCUT2D eigenvalue weighted by molar-refractivity contribution is 9.10. The average molecular weight is 307 g/mol. The van der Waals surface area contributed by atoms with Gasteiger partial charge in [0, 0.05) is 10.0 Å². The molecule has 0 amide bonds. The smallest absolute Gasteiger partial charge is 0.236 e. The summed E-state index contributed by atoms with van der Waals surface area (Å²) in [6.45, 7) is 0. The van der Waals surface area contributed by atoms with E-state index in [9.17, 15) is 8.42 Å². The van der Waals surface area contributed by atoms with Crippen LogP contribution in [0.15, 0.2) is 44.3 Å². The van der Waals surface area contributed by atoms with Gasteiger partial charge in [-0.3, -0.25) is 0 Å². The normalized spacial score (nSPS) is 18.5. The van der Waals surface area contributed by atoms with Crippen LogP contribution >= 0.6 is 27.5 Å². The molecule has 0 bridgehead atoms. The number of rotatable bonds is 1. The number of hydrogen-bond donors (Lipinski definition) is 0. The minimum Gasteiger partial charge on any atom is -0.241 e. The summed E-state index contributed by atoms with van der Waals surface area (Å²) >= 11 is 8.80. The molecule has 1 heterocycles. The van der Waals surface area contributed by atoms with Crippen molar-refractivity contribution in [3.63, 3.8) is 0 Å². The molecule has 1 aliphatic heterocycles. The maximum atomic E-state index is 11.6. The molecule has 0 atom stereocenters. The summed E-state index contributed by atoms with van der Waals surface area (Å²) < 4.78 is 23.9. The first-order valence-corrected chi connectivity index (χ1v) is 6.62. The molecule has 2 rings (SSSR count). The lowest BCUT2D eigenvalue weighted by atomic mass is 10.2. The largest absolute Gasteiger partial charge is 0.241 e. The molecule has 0 N–H and O–H groups in total. The zero-order valence-electron chi connectivity index (χ0n) is 7.31. The van der Waals surface area contributed by atoms with E-state index in [4.69, 9.17) is 11.6 Å². The van der Waals surface area contributed by atoms with Crippen LogP contribution in [0.25, 0.3) is 0 Å². The van der Waals surface area contributed by atoms with Crippen LogP contribution in [-0.2, 0) is 9.84 Å². The Bertz CT molecular complexity index is 560. The fraction of sp³-hybridized carbons (Fsp3) is 0. The van der Waals surface area contributed by atoms with E-state index in [1.807, 2.05) is 0 Å². The van der Waals surface area contributed by atoms with Gasteiger partial charge in [0.05, 0.1) is 6.20 Å². The van der Waals surface area contributed by atoms with Gasteiger partial charge in [0.2, 0.25) is 9.84 Å². The molecular weight excluding hydrogens is 302 g/mol. The standard InChI is InChI=1S/C9H5BrClNO2S/c10-7-3-1-6(2-4-7)9-12-5-8(11)15(9,13)14/h1-5H. The predicted octanol–water partition coefficient (Wildman–Crippen LogP) is 2.66. The van der Waals surface area contributed by atoms with Crippen molar-refractivity contribution in [2.75, 3.05) is 0 Å². The number of sulfone groups is 1. The van der Waals surface area contributed by atoms with Crippen LogP contribution in [0.1, 0.15) is 5.56 Å². The van der Waals surface area contributed by atoms with Crippen LogP contribution in [0.5, 0.6) is 0 Å². The molecule has 0 fully saturated rings. The number of halogens is 2. The molecule has 1 aromatic carbocycles. The molecule has 0 unspecified atom stereocenters. The van der Waals surface area contributed by atoms with E-state index in [0.29, 0.717) is 5.56 Å². The van der Waals surface area contributed by atoms with Gasteiger partial charge < -0.3 is 0 Å². The van der Waals surface area contributed by atoms with Gasteiger partial charge in [-0.1, -0.05) is 39.7 Å². The molecule has 1 aromatic rings. The summed E-state index contributed by atoms with van der Waals surface area (Å²) in [5.41, 5.74) is 0.533. The Hall–Kier alpha value is -0.650. The van der Waals surface area contributed by atoms with Crippen molar-refractivity contribution in [2.45, 2.75) is 0 Å². The Morgan fingerprint density at radius 1 is 1.20 bits per heavy atom. The van der Waals surface area contributed by atoms with Crippen molar-refractivity contribution in [2.24, 2.45) is 4.99 Å². The van der Waals surface area contributed by atoms with Crippen molar-refractivity contribution in [3.8, 4) is 0 Å². The second-order valence-corrected chi connectivity index (χ2v) is 6.26. The van der Waals surface area contributed by atoms with Crippen LogP contribution in [0.4, 0.5) is 0 Å². The van der Waals surface area contributed by atoms with Gasteiger partial charge in [0.15, 0.2) is 9.41 Å². The highest BCUT2D eigenvalue weighted by Crippen LogP contribution is 2.25. The van der Waals surface area contributed by atoms with Crippen LogP contribution in [0.3, 0.4) is 0 Å². The van der Waals surface area contributed by atoms with Gasteiger partial charge >= 0.3 is 0 Å². The van der Waals surface area contributed by atoms with E-state index in [1.165, 1.54) is 0 Å². The first-order valence-electron chi connectivity index (χ1n) is 3.96. The molecule has 0 spiro atoms. The number of benzene rings is 1. The molecule has 15 heavy (non-hydrogen) atoms. The summed E-state index contributed by atoms with van der Waals surface area (Å²) in [6, 6.07) is 6.84. The third-order valence-electron chi connectivity index (χ3n) is 1.89. The summed E-state index contributed by atoms with van der Waals surface area (Å²) in [7, 11) is -3.57. The van der Waals surface area contributed by atoms with Crippen LogP contribution in [-0.4, -0.2) is 13.5 Å². The quantitative estimate of drug-likeness (QED) is 0.801. The number of nitrogens with zero attached hydrogens (tertiary/aromatic N) is 1. The predicted molar refractivity (Wildman–Crippen MR) is 63.5 cm³/mol. The first-order chi connectivity index (χ1) is 7.01. The van der Waals surface area contributed by atoms with Crippen molar-refractivity contribution in [3.05, 3.63) is 44.9 Å². The molecule has 0 aliphatic carbocycles. The Balaban J connectivity index is 2.49. The van der Waals surface area contributed by atoms with E-state index in [-0.39, 0.29) is 9.41 Å². The maximum Gasteiger partial charge on any atom is 0.236 e. The Kier molecular flexibility index (Phi) is 2.70. The summed E-state index contributed by atoms with van der Waals surface area (Å²) in [5.74, 6) is 0. The third-order valence-corrected chi connectivity index (χ3v) is 4.59. The highest BCUT2D eigenvalue weighted by Gasteiger charge is 2.29. The van der Waals surface area contributed by atoms with Crippen LogP contribution in [0.2, 0.25) is 0 Å². The Morgan fingerprint density at radius 3 is 2.27 bits per heavy atom. The minimum atomic E-state index is -3.57. The van der Waals surface area contributed by atoms with Gasteiger partial charge in [-0.25, -0.2) is 13.4 Å². The van der Waals surface area contributed by atoms with Gasteiger partial charge in [0.1, 0.15) is 0 Å². The fourth-order valence-electron chi connectivity index (χ4n) is 1.16. The zero-order chi connectivity index (χ0) is 11.1. The van der Waals surface area contributed by atoms with Gasteiger partial charge in [-0.2, -0.15) is 0 Å². The van der Waals surface area contributed by atoms with E-state index < -0.39 is 9.84 Å². The molecule has 3 nitrogen and oxygen atoms in total. The van der Waals surface area contributed by atoms with E-state index in [0.717, 1.165) is 10.7 Å². The van der Waals surface area contributed by atoms with Gasteiger partial charge in [-0.05, 0) is 12.1 Å². The van der Waals surface area contributed by atoms with Gasteiger partial charge in [0.25, 0.3) is 0 Å². The lowest BCUT2D eigenvalue weighted by Crippen LogP contribution is -2.12. The van der Waals surface area contributed by atoms with E-state index in [2.05, 4.69) is 20.9 Å². The molecule has 6 heteroatoms. The highest BCUT2D eigenvalue weighted by atomic mass is 79.9. The SMILES string of the molecule is O=S1(=O)C(Cl)=CN=C1c1ccc(Br)cc1. The molecule has 1 aliphatic rings. The summed E-state index contributed by atoms with van der Waals surface area (Å²) in [4.78, 5) is 3.79. The molecule has 0 saturated heterocycles. The fourth-order valence-corrected chi connectivity index (χ4v) is 2.71. The summed E-state index contributed by atoms with van der Waals surface area (Å²) in [5, 5.41) is 0.000000000000000666. The molecule has 0 aromatic heterocycles. The first kappa shape index (κ1) is 10.9. The third kappa shape index (κ3) is 1.87. The van der Waals surface area contributed by atoms with Crippen molar-refractivity contribution >= 4 is 42.4 Å². The number of aliphatic imine (C=N–C) groups is 1. The second-order valence-electron chi connectivity index (χ2n) is 2.88. The second kappa shape index (κ2) is 3.73. The van der Waals surface area contributed by atoms with Crippen molar-refractivity contribution in [1.82, 2.24) is 0 Å². The average Bonchev–Trinajstić information content (AvgIpc) is 2.44. The van der Waals surface area contributed by atoms with Crippen LogP contribution in [0, 0.1) is 0 Å². The lowest BCUT2D eigenvalue weighted by molar-refractivity contribution is 0.615. The lowest BCUT2D eigenvalue weighted by Gasteiger charge is -2.01. The molecule has 0 radical (unpaired) electrons. The molecule has 0 saturated carbocycles. The van der Waals surface area contributed by atoms with E-state index >= 15 is 0 Å². The topological polar surface area (TPSA) is 46.5 Å². The van der Waals surface area contributed by atoms with Crippen LogP contribution < -0.4 is 0 Å². The maximum absolute atomic E-state index is 11.6. The summed E-state index contributed by atoms with van der Waals surface area (Å²) in [6.07, 6.45) is 1.15. The minimum absolute atomic E-state index is 0.000000000000000666. The number of hydrogen-bond acceptors (Lipinski definition) is 3. The molecule has 78 valence electrons.